The van der Waals surface area contributed by atoms with Crippen LogP contribution >= 0.6 is 0 Å². The van der Waals surface area contributed by atoms with Crippen molar-refractivity contribution in [2.45, 2.75) is 77.9 Å². The van der Waals surface area contributed by atoms with E-state index < -0.39 is 6.10 Å². The van der Waals surface area contributed by atoms with Gasteiger partial charge in [-0.2, -0.15) is 0 Å². The summed E-state index contributed by atoms with van der Waals surface area (Å²) in [5.41, 5.74) is 2.40. The molecule has 3 aliphatic rings. The monoisotopic (exact) mass is 414 g/mol. The predicted molar refractivity (Wildman–Crippen MR) is 109 cm³/mol. The minimum atomic E-state index is -0.391. The second-order valence-electron chi connectivity index (χ2n) is 9.33. The number of aryl methyl sites for hydroxylation is 1. The molecule has 162 valence electrons. The van der Waals surface area contributed by atoms with E-state index in [0.717, 1.165) is 32.1 Å². The molecule has 1 aromatic rings. The van der Waals surface area contributed by atoms with Gasteiger partial charge < -0.3 is 14.2 Å². The molecule has 30 heavy (non-hydrogen) atoms. The van der Waals surface area contributed by atoms with Crippen molar-refractivity contribution in [2.75, 3.05) is 0 Å². The molecule has 0 aromatic heterocycles. The Morgan fingerprint density at radius 2 is 1.73 bits per heavy atom. The summed E-state index contributed by atoms with van der Waals surface area (Å²) in [6, 6.07) is 5.99. The number of hydrogen-bond donors (Lipinski definition) is 0. The van der Waals surface area contributed by atoms with Crippen LogP contribution in [0.15, 0.2) is 18.2 Å². The Bertz CT molecular complexity index is 876. The number of fused-ring (bicyclic) bond motifs is 5. The van der Waals surface area contributed by atoms with Gasteiger partial charge in [-0.3, -0.25) is 14.4 Å². The third-order valence-corrected chi connectivity index (χ3v) is 7.48. The quantitative estimate of drug-likeness (QED) is 0.551. The van der Waals surface area contributed by atoms with Gasteiger partial charge in [0.05, 0.1) is 0 Å². The average molecular weight is 414 g/mol. The molecule has 0 radical (unpaired) electrons. The Balaban J connectivity index is 1.62. The first-order chi connectivity index (χ1) is 14.2. The first-order valence-electron chi connectivity index (χ1n) is 10.8. The number of carbonyl (C=O) groups is 3. The van der Waals surface area contributed by atoms with E-state index in [4.69, 9.17) is 14.2 Å². The van der Waals surface area contributed by atoms with Crippen LogP contribution in [0.1, 0.15) is 70.4 Å². The van der Waals surface area contributed by atoms with Crippen LogP contribution in [0, 0.1) is 17.3 Å². The summed E-state index contributed by atoms with van der Waals surface area (Å²) in [5.74, 6) is 0.839. The molecule has 2 saturated carbocycles. The van der Waals surface area contributed by atoms with Gasteiger partial charge in [-0.15, -0.1) is 0 Å². The molecular formula is C24H30O6. The molecule has 0 saturated heterocycles. The number of carbonyl (C=O) groups excluding carboxylic acids is 3. The minimum absolute atomic E-state index is 0.192. The van der Waals surface area contributed by atoms with Crippen molar-refractivity contribution in [2.24, 2.45) is 17.3 Å². The maximum Gasteiger partial charge on any atom is 0.308 e. The fourth-order valence-corrected chi connectivity index (χ4v) is 6.44. The zero-order valence-electron chi connectivity index (χ0n) is 18.1. The van der Waals surface area contributed by atoms with Gasteiger partial charge in [0.1, 0.15) is 18.0 Å². The summed E-state index contributed by atoms with van der Waals surface area (Å²) >= 11 is 0. The number of ether oxygens (including phenoxy) is 3. The molecule has 0 heterocycles. The molecule has 2 fully saturated rings. The second kappa shape index (κ2) is 7.71. The fraction of sp³-hybridized carbons (Fsp3) is 0.625. The highest BCUT2D eigenvalue weighted by Crippen LogP contribution is 2.62. The molecule has 6 atom stereocenters. The molecule has 0 spiro atoms. The van der Waals surface area contributed by atoms with Crippen molar-refractivity contribution in [3.05, 3.63) is 29.3 Å². The van der Waals surface area contributed by atoms with Crippen LogP contribution < -0.4 is 4.74 Å². The fourth-order valence-electron chi connectivity index (χ4n) is 6.44. The van der Waals surface area contributed by atoms with Crippen LogP contribution in [0.5, 0.6) is 5.75 Å². The van der Waals surface area contributed by atoms with Crippen molar-refractivity contribution in [1.82, 2.24) is 0 Å². The Hall–Kier alpha value is -2.37. The summed E-state index contributed by atoms with van der Waals surface area (Å²) in [5, 5.41) is 0. The van der Waals surface area contributed by atoms with Crippen LogP contribution in [0.2, 0.25) is 0 Å². The lowest BCUT2D eigenvalue weighted by Gasteiger charge is -2.50. The Labute approximate surface area is 177 Å². The largest absolute Gasteiger partial charge is 0.459 e. The second-order valence-corrected chi connectivity index (χ2v) is 9.33. The van der Waals surface area contributed by atoms with E-state index in [-0.39, 0.29) is 29.4 Å². The molecule has 1 aromatic carbocycles. The number of benzene rings is 1. The van der Waals surface area contributed by atoms with E-state index in [1.165, 1.54) is 31.9 Å². The molecule has 0 bridgehead atoms. The van der Waals surface area contributed by atoms with Crippen molar-refractivity contribution >= 4 is 17.9 Å². The lowest BCUT2D eigenvalue weighted by atomic mass is 9.55. The molecule has 5 unspecified atom stereocenters. The standard InChI is InChI=1S/C24H30O6/c1-13(25)28-17-6-8-18-16(11-17)5-7-20-19(18)9-10-24(4)21(20)12-22(29-14(2)26)23(24)30-15(3)27/h6,8,11,19-23H,5,7,9-10,12H2,1-4H3/t19?,20?,21?,22?,23?,24-/m0/s1. The van der Waals surface area contributed by atoms with Crippen molar-refractivity contribution in [3.8, 4) is 5.75 Å². The van der Waals surface area contributed by atoms with Crippen LogP contribution in [0.3, 0.4) is 0 Å². The van der Waals surface area contributed by atoms with Gasteiger partial charge in [0.2, 0.25) is 0 Å². The smallest absolute Gasteiger partial charge is 0.308 e. The molecule has 0 aliphatic heterocycles. The number of esters is 3. The van der Waals surface area contributed by atoms with E-state index in [2.05, 4.69) is 13.0 Å². The Morgan fingerprint density at radius 1 is 1.00 bits per heavy atom. The molecule has 6 nitrogen and oxygen atoms in total. The van der Waals surface area contributed by atoms with Crippen LogP contribution in [-0.2, 0) is 30.3 Å². The normalized spacial score (nSPS) is 34.2. The van der Waals surface area contributed by atoms with Gasteiger partial charge in [0.15, 0.2) is 0 Å². The Kier molecular flexibility index (Phi) is 5.37. The van der Waals surface area contributed by atoms with Crippen molar-refractivity contribution in [3.63, 3.8) is 0 Å². The predicted octanol–water partition coefficient (Wildman–Crippen LogP) is 3.94. The van der Waals surface area contributed by atoms with E-state index >= 15 is 0 Å². The van der Waals surface area contributed by atoms with E-state index in [1.54, 1.807) is 0 Å². The van der Waals surface area contributed by atoms with Gasteiger partial charge in [-0.05, 0) is 73.1 Å². The third kappa shape index (κ3) is 3.61. The lowest BCUT2D eigenvalue weighted by Crippen LogP contribution is -2.46. The summed E-state index contributed by atoms with van der Waals surface area (Å²) in [6.45, 7) is 6.45. The van der Waals surface area contributed by atoms with Gasteiger partial charge in [0, 0.05) is 26.2 Å². The van der Waals surface area contributed by atoms with E-state index in [9.17, 15) is 14.4 Å². The first kappa shape index (κ1) is 20.9. The van der Waals surface area contributed by atoms with Gasteiger partial charge >= 0.3 is 17.9 Å². The molecule has 0 N–H and O–H groups in total. The number of rotatable bonds is 3. The SMILES string of the molecule is CC(=O)Oc1ccc2c(c1)CCC1C2CC[C@@]2(C)C1CC(OC(C)=O)C2OC(C)=O. The van der Waals surface area contributed by atoms with Crippen LogP contribution in [-0.4, -0.2) is 30.1 Å². The topological polar surface area (TPSA) is 78.9 Å². The first-order valence-corrected chi connectivity index (χ1v) is 10.8. The van der Waals surface area contributed by atoms with Crippen molar-refractivity contribution in [1.29, 1.82) is 0 Å². The number of hydrogen-bond acceptors (Lipinski definition) is 6. The zero-order valence-corrected chi connectivity index (χ0v) is 18.1. The third-order valence-electron chi connectivity index (χ3n) is 7.48. The highest BCUT2D eigenvalue weighted by Gasteiger charge is 2.61. The molecule has 3 aliphatic carbocycles. The summed E-state index contributed by atoms with van der Waals surface area (Å²) < 4.78 is 16.6. The molecule has 4 rings (SSSR count). The molecule has 0 amide bonds. The van der Waals surface area contributed by atoms with E-state index in [0.29, 0.717) is 23.5 Å². The van der Waals surface area contributed by atoms with Gasteiger partial charge in [-0.25, -0.2) is 0 Å². The summed E-state index contributed by atoms with van der Waals surface area (Å²) in [7, 11) is 0. The summed E-state index contributed by atoms with van der Waals surface area (Å²) in [4.78, 5) is 34.8. The zero-order chi connectivity index (χ0) is 21.6. The average Bonchev–Trinajstić information content (AvgIpc) is 2.92. The van der Waals surface area contributed by atoms with E-state index in [1.807, 2.05) is 12.1 Å². The van der Waals surface area contributed by atoms with Gasteiger partial charge in [0.25, 0.3) is 0 Å². The summed E-state index contributed by atoms with van der Waals surface area (Å²) in [6.07, 6.45) is 3.83. The van der Waals surface area contributed by atoms with Crippen LogP contribution in [0.25, 0.3) is 0 Å². The highest BCUT2D eigenvalue weighted by molar-refractivity contribution is 5.69. The maximum absolute atomic E-state index is 11.8. The molecular weight excluding hydrogens is 384 g/mol. The lowest BCUT2D eigenvalue weighted by molar-refractivity contribution is -0.171. The van der Waals surface area contributed by atoms with Crippen LogP contribution in [0.4, 0.5) is 0 Å². The maximum atomic E-state index is 11.8. The highest BCUT2D eigenvalue weighted by atomic mass is 16.6. The Morgan fingerprint density at radius 3 is 2.40 bits per heavy atom. The minimum Gasteiger partial charge on any atom is -0.459 e. The van der Waals surface area contributed by atoms with Gasteiger partial charge in [-0.1, -0.05) is 13.0 Å². The molecule has 6 heteroatoms. The van der Waals surface area contributed by atoms with Crippen molar-refractivity contribution < 1.29 is 28.6 Å².